The summed E-state index contributed by atoms with van der Waals surface area (Å²) in [6, 6.07) is 14.1. The zero-order valence-electron chi connectivity index (χ0n) is 23.2. The molecule has 2 heteroatoms. The molecule has 3 aromatic carbocycles. The van der Waals surface area contributed by atoms with Gasteiger partial charge in [-0.2, -0.15) is 0 Å². The summed E-state index contributed by atoms with van der Waals surface area (Å²) in [5.74, 6) is 7.85. The summed E-state index contributed by atoms with van der Waals surface area (Å²) in [4.78, 5) is 0. The predicted octanol–water partition coefficient (Wildman–Crippen LogP) is 10.3. The number of alkyl halides is 2. The van der Waals surface area contributed by atoms with E-state index in [0.29, 0.717) is 0 Å². The first-order chi connectivity index (χ1) is 17.9. The van der Waals surface area contributed by atoms with Gasteiger partial charge in [0.15, 0.2) is 0 Å². The van der Waals surface area contributed by atoms with Crippen LogP contribution in [0.1, 0.15) is 95.7 Å². The summed E-state index contributed by atoms with van der Waals surface area (Å²) in [6.07, 6.45) is 8.66. The van der Waals surface area contributed by atoms with E-state index in [9.17, 15) is 0 Å². The Morgan fingerprint density at radius 1 is 0.865 bits per heavy atom. The van der Waals surface area contributed by atoms with E-state index in [4.69, 9.17) is 0 Å². The van der Waals surface area contributed by atoms with Crippen molar-refractivity contribution < 1.29 is 0 Å². The number of rotatable bonds is 7. The number of halogens is 2. The highest BCUT2D eigenvalue weighted by Crippen LogP contribution is 2.40. The van der Waals surface area contributed by atoms with Crippen LogP contribution in [-0.2, 0) is 34.5 Å². The molecule has 0 saturated heterocycles. The molecule has 0 saturated carbocycles. The molecule has 0 heterocycles. The minimum Gasteiger partial charge on any atom is -0.0812 e. The lowest BCUT2D eigenvalue weighted by Gasteiger charge is -2.29. The Hall–Kier alpha value is -1.32. The van der Waals surface area contributed by atoms with Crippen LogP contribution < -0.4 is 0 Å². The molecule has 0 aromatic heterocycles. The van der Waals surface area contributed by atoms with Gasteiger partial charge in [-0.05, 0) is 126 Å². The van der Waals surface area contributed by atoms with Gasteiger partial charge in [0.2, 0.25) is 0 Å². The standard InChI is InChI=1S/C35H40I2/c1-6-9-25-11-15-33-31(17-25)20-28(8-3)35(34(33)22-37)30-14-13-29(23(4)16-30)12-10-26-18-27(7-2)24(5)32(19-26)21-36/h13-14,16,18-20,25H,6-9,11,15,17,21-22H2,1-5H3. The van der Waals surface area contributed by atoms with E-state index in [1.807, 2.05) is 0 Å². The van der Waals surface area contributed by atoms with Crippen LogP contribution >= 0.6 is 45.2 Å². The molecule has 0 N–H and O–H groups in total. The maximum Gasteiger partial charge on any atom is 0.0278 e. The van der Waals surface area contributed by atoms with Gasteiger partial charge in [-0.15, -0.1) is 0 Å². The van der Waals surface area contributed by atoms with Gasteiger partial charge in [0.25, 0.3) is 0 Å². The van der Waals surface area contributed by atoms with Crippen molar-refractivity contribution in [3.8, 4) is 23.0 Å². The van der Waals surface area contributed by atoms with Crippen LogP contribution in [-0.4, -0.2) is 0 Å². The Bertz CT molecular complexity index is 1310. The molecule has 0 nitrogen and oxygen atoms in total. The van der Waals surface area contributed by atoms with Crippen molar-refractivity contribution in [3.63, 3.8) is 0 Å². The van der Waals surface area contributed by atoms with Crippen molar-refractivity contribution in [2.45, 2.75) is 88.4 Å². The van der Waals surface area contributed by atoms with Crippen molar-refractivity contribution in [2.24, 2.45) is 5.92 Å². The van der Waals surface area contributed by atoms with Crippen LogP contribution in [0.4, 0.5) is 0 Å². The quantitative estimate of drug-likeness (QED) is 0.130. The lowest BCUT2D eigenvalue weighted by Crippen LogP contribution is -2.17. The minimum atomic E-state index is 0.866. The molecule has 4 rings (SSSR count). The second-order valence-electron chi connectivity index (χ2n) is 10.6. The van der Waals surface area contributed by atoms with E-state index in [1.165, 1.54) is 71.0 Å². The lowest BCUT2D eigenvalue weighted by atomic mass is 9.76. The number of hydrogen-bond acceptors (Lipinski definition) is 0. The Morgan fingerprint density at radius 3 is 2.27 bits per heavy atom. The fourth-order valence-corrected chi connectivity index (χ4v) is 7.75. The van der Waals surface area contributed by atoms with Gasteiger partial charge in [0.05, 0.1) is 0 Å². The molecule has 1 aliphatic rings. The molecule has 0 spiro atoms. The van der Waals surface area contributed by atoms with Crippen molar-refractivity contribution in [2.75, 3.05) is 0 Å². The van der Waals surface area contributed by atoms with Gasteiger partial charge in [-0.1, -0.05) is 109 Å². The third kappa shape index (κ3) is 6.30. The highest BCUT2D eigenvalue weighted by atomic mass is 127. The second kappa shape index (κ2) is 13.2. The van der Waals surface area contributed by atoms with E-state index in [0.717, 1.165) is 38.7 Å². The molecule has 1 aliphatic carbocycles. The number of fused-ring (bicyclic) bond motifs is 1. The molecule has 1 unspecified atom stereocenters. The van der Waals surface area contributed by atoms with Crippen molar-refractivity contribution in [1.29, 1.82) is 0 Å². The Balaban J connectivity index is 1.72. The van der Waals surface area contributed by atoms with E-state index in [1.54, 1.807) is 16.7 Å². The number of benzene rings is 3. The third-order valence-corrected chi connectivity index (χ3v) is 9.83. The second-order valence-corrected chi connectivity index (χ2v) is 12.1. The zero-order valence-corrected chi connectivity index (χ0v) is 27.5. The predicted molar refractivity (Wildman–Crippen MR) is 178 cm³/mol. The maximum atomic E-state index is 3.50. The Morgan fingerprint density at radius 2 is 1.62 bits per heavy atom. The van der Waals surface area contributed by atoms with E-state index in [2.05, 4.69) is 128 Å². The van der Waals surface area contributed by atoms with Gasteiger partial charge >= 0.3 is 0 Å². The summed E-state index contributed by atoms with van der Waals surface area (Å²) < 4.78 is 2.10. The van der Waals surface area contributed by atoms with Gasteiger partial charge in [-0.25, -0.2) is 0 Å². The van der Waals surface area contributed by atoms with Gasteiger partial charge in [0.1, 0.15) is 0 Å². The number of aryl methyl sites for hydroxylation is 3. The average Bonchev–Trinajstić information content (AvgIpc) is 2.91. The molecule has 0 bridgehead atoms. The van der Waals surface area contributed by atoms with Crippen LogP contribution in [0.5, 0.6) is 0 Å². The molecular formula is C35H40I2. The zero-order chi connectivity index (χ0) is 26.5. The Kier molecular flexibility index (Phi) is 10.2. The van der Waals surface area contributed by atoms with Gasteiger partial charge in [0, 0.05) is 20.0 Å². The van der Waals surface area contributed by atoms with Gasteiger partial charge in [-0.3, -0.25) is 0 Å². The average molecular weight is 715 g/mol. The first kappa shape index (κ1) is 28.7. The maximum absolute atomic E-state index is 3.50. The molecule has 37 heavy (non-hydrogen) atoms. The fourth-order valence-electron chi connectivity index (χ4n) is 6.12. The number of hydrogen-bond donors (Lipinski definition) is 0. The molecule has 0 radical (unpaired) electrons. The molecular weight excluding hydrogens is 674 g/mol. The van der Waals surface area contributed by atoms with Crippen LogP contribution in [0, 0.1) is 31.6 Å². The first-order valence-corrected chi connectivity index (χ1v) is 17.0. The topological polar surface area (TPSA) is 0 Å². The van der Waals surface area contributed by atoms with Crippen LogP contribution in [0.2, 0.25) is 0 Å². The van der Waals surface area contributed by atoms with E-state index < -0.39 is 0 Å². The van der Waals surface area contributed by atoms with Gasteiger partial charge < -0.3 is 0 Å². The normalized spacial score (nSPS) is 14.7. The van der Waals surface area contributed by atoms with Crippen LogP contribution in [0.15, 0.2) is 36.4 Å². The van der Waals surface area contributed by atoms with Crippen molar-refractivity contribution in [3.05, 3.63) is 92.0 Å². The summed E-state index contributed by atoms with van der Waals surface area (Å²) in [5, 5.41) is 0. The summed E-state index contributed by atoms with van der Waals surface area (Å²) in [6.45, 7) is 11.3. The largest absolute Gasteiger partial charge is 0.0812 e. The molecule has 194 valence electrons. The summed E-state index contributed by atoms with van der Waals surface area (Å²) >= 11 is 5.06. The fraction of sp³-hybridized carbons (Fsp3) is 0.429. The summed E-state index contributed by atoms with van der Waals surface area (Å²) in [7, 11) is 0. The molecule has 0 fully saturated rings. The third-order valence-electron chi connectivity index (χ3n) is 8.25. The minimum absolute atomic E-state index is 0.866. The van der Waals surface area contributed by atoms with Crippen LogP contribution in [0.3, 0.4) is 0 Å². The lowest BCUT2D eigenvalue weighted by molar-refractivity contribution is 0.422. The van der Waals surface area contributed by atoms with Crippen molar-refractivity contribution in [1.82, 2.24) is 0 Å². The van der Waals surface area contributed by atoms with Crippen molar-refractivity contribution >= 4 is 45.2 Å². The smallest absolute Gasteiger partial charge is 0.0278 e. The first-order valence-electron chi connectivity index (χ1n) is 14.0. The van der Waals surface area contributed by atoms with E-state index in [-0.39, 0.29) is 0 Å². The van der Waals surface area contributed by atoms with Crippen LogP contribution in [0.25, 0.3) is 11.1 Å². The molecule has 0 amide bonds. The Labute approximate surface area is 252 Å². The summed E-state index contributed by atoms with van der Waals surface area (Å²) in [5.41, 5.74) is 17.0. The highest BCUT2D eigenvalue weighted by molar-refractivity contribution is 14.1. The SMILES string of the molecule is CCCC1CCc2c(cc(CC)c(-c3ccc(C#Cc4cc(CC)c(C)c(CI)c4)c(C)c3)c2CI)C1. The monoisotopic (exact) mass is 714 g/mol. The molecule has 1 atom stereocenters. The van der Waals surface area contributed by atoms with E-state index >= 15 is 0 Å². The molecule has 3 aromatic rings. The highest BCUT2D eigenvalue weighted by Gasteiger charge is 2.24. The molecule has 0 aliphatic heterocycles.